The van der Waals surface area contributed by atoms with Gasteiger partial charge in [-0.1, -0.05) is 0 Å². The van der Waals surface area contributed by atoms with Gasteiger partial charge in [-0.3, -0.25) is 4.98 Å². The minimum atomic E-state index is 0.393. The van der Waals surface area contributed by atoms with Gasteiger partial charge in [-0.2, -0.15) is 0 Å². The summed E-state index contributed by atoms with van der Waals surface area (Å²) < 4.78 is 1.29. The molecule has 0 spiro atoms. The summed E-state index contributed by atoms with van der Waals surface area (Å²) in [5.74, 6) is 0.899. The van der Waals surface area contributed by atoms with Gasteiger partial charge in [0.2, 0.25) is 0 Å². The molecule has 0 amide bonds. The van der Waals surface area contributed by atoms with Crippen molar-refractivity contribution in [3.63, 3.8) is 0 Å². The van der Waals surface area contributed by atoms with Crippen LogP contribution in [0.15, 0.2) is 23.7 Å². The molecule has 1 fully saturated rings. The van der Waals surface area contributed by atoms with E-state index in [0.717, 1.165) is 11.4 Å². The summed E-state index contributed by atoms with van der Waals surface area (Å²) in [7, 11) is 0. The Morgan fingerprint density at radius 2 is 2.24 bits per heavy atom. The zero-order valence-electron chi connectivity index (χ0n) is 10.3. The lowest BCUT2D eigenvalue weighted by Gasteiger charge is -2.19. The second-order valence-corrected chi connectivity index (χ2v) is 6.03. The van der Waals surface area contributed by atoms with Crippen LogP contribution in [0, 0.1) is 5.92 Å². The summed E-state index contributed by atoms with van der Waals surface area (Å²) in [6.45, 7) is 4.53. The molecule has 2 aromatic rings. The Labute approximate surface area is 106 Å². The zero-order chi connectivity index (χ0) is 11.8. The minimum Gasteiger partial charge on any atom is -0.307 e. The van der Waals surface area contributed by atoms with E-state index in [1.54, 1.807) is 11.3 Å². The van der Waals surface area contributed by atoms with E-state index >= 15 is 0 Å². The molecular formula is C14H18N2S. The summed E-state index contributed by atoms with van der Waals surface area (Å²) in [5.41, 5.74) is 2.41. The Hall–Kier alpha value is -0.930. The maximum atomic E-state index is 4.50. The number of hydrogen-bond donors (Lipinski definition) is 1. The summed E-state index contributed by atoms with van der Waals surface area (Å²) in [5, 5.41) is 5.78. The number of nitrogens with zero attached hydrogens (tertiary/aromatic N) is 1. The molecule has 3 heteroatoms. The smallest absolute Gasteiger partial charge is 0.0809 e. The first kappa shape index (κ1) is 11.2. The van der Waals surface area contributed by atoms with Crippen LogP contribution in [0.1, 0.15) is 38.3 Å². The Morgan fingerprint density at radius 1 is 1.41 bits per heavy atom. The van der Waals surface area contributed by atoms with Crippen LogP contribution in [-0.4, -0.2) is 11.0 Å². The van der Waals surface area contributed by atoms with E-state index in [-0.39, 0.29) is 0 Å². The van der Waals surface area contributed by atoms with Crippen LogP contribution in [0.25, 0.3) is 10.2 Å². The van der Waals surface area contributed by atoms with Crippen molar-refractivity contribution in [3.8, 4) is 0 Å². The molecule has 1 N–H and O–H groups in total. The fourth-order valence-electron chi connectivity index (χ4n) is 2.32. The highest BCUT2D eigenvalue weighted by atomic mass is 32.1. The summed E-state index contributed by atoms with van der Waals surface area (Å²) >= 11 is 1.77. The summed E-state index contributed by atoms with van der Waals surface area (Å²) in [4.78, 5) is 4.50. The molecule has 0 saturated heterocycles. The SMILES string of the molecule is CC(NC(C)C1CC1)c1cnc2ccsc2c1. The predicted molar refractivity (Wildman–Crippen MR) is 73.4 cm³/mol. The molecule has 1 saturated carbocycles. The monoisotopic (exact) mass is 246 g/mol. The van der Waals surface area contributed by atoms with Gasteiger partial charge in [0.15, 0.2) is 0 Å². The number of nitrogens with one attached hydrogen (secondary N) is 1. The van der Waals surface area contributed by atoms with E-state index in [2.05, 4.69) is 41.7 Å². The van der Waals surface area contributed by atoms with Gasteiger partial charge in [0.25, 0.3) is 0 Å². The largest absolute Gasteiger partial charge is 0.307 e. The lowest BCUT2D eigenvalue weighted by Crippen LogP contribution is -2.30. The first-order chi connectivity index (χ1) is 8.24. The highest BCUT2D eigenvalue weighted by molar-refractivity contribution is 7.17. The van der Waals surface area contributed by atoms with Crippen LogP contribution in [0.2, 0.25) is 0 Å². The number of aromatic nitrogens is 1. The normalized spacial score (nSPS) is 19.4. The molecule has 17 heavy (non-hydrogen) atoms. The van der Waals surface area contributed by atoms with Gasteiger partial charge in [-0.05, 0) is 55.7 Å². The third-order valence-corrected chi connectivity index (χ3v) is 4.52. The Balaban J connectivity index is 1.76. The van der Waals surface area contributed by atoms with E-state index in [1.807, 2.05) is 6.20 Å². The lowest BCUT2D eigenvalue weighted by molar-refractivity contribution is 0.441. The zero-order valence-corrected chi connectivity index (χ0v) is 11.1. The highest BCUT2D eigenvalue weighted by Gasteiger charge is 2.28. The van der Waals surface area contributed by atoms with E-state index in [1.165, 1.54) is 23.1 Å². The number of pyridine rings is 1. The Morgan fingerprint density at radius 3 is 3.00 bits per heavy atom. The maximum absolute atomic E-state index is 4.50. The quantitative estimate of drug-likeness (QED) is 0.888. The third kappa shape index (κ3) is 2.35. The van der Waals surface area contributed by atoms with Gasteiger partial charge in [-0.15, -0.1) is 11.3 Å². The summed E-state index contributed by atoms with van der Waals surface area (Å²) in [6, 6.07) is 5.37. The number of fused-ring (bicyclic) bond motifs is 1. The molecule has 0 bridgehead atoms. The van der Waals surface area contributed by atoms with Crippen molar-refractivity contribution in [1.82, 2.24) is 10.3 Å². The fourth-order valence-corrected chi connectivity index (χ4v) is 3.11. The van der Waals surface area contributed by atoms with Crippen LogP contribution < -0.4 is 5.32 Å². The molecule has 2 unspecified atom stereocenters. The van der Waals surface area contributed by atoms with Crippen molar-refractivity contribution in [1.29, 1.82) is 0 Å². The molecule has 2 atom stereocenters. The average molecular weight is 246 g/mol. The standard InChI is InChI=1S/C14H18N2S/c1-9(11-3-4-11)16-10(2)12-7-14-13(15-8-12)5-6-17-14/h5-11,16H,3-4H2,1-2H3. The van der Waals surface area contributed by atoms with E-state index in [4.69, 9.17) is 0 Å². The van der Waals surface area contributed by atoms with Gasteiger partial charge in [0.1, 0.15) is 0 Å². The molecule has 2 nitrogen and oxygen atoms in total. The van der Waals surface area contributed by atoms with Crippen LogP contribution in [0.5, 0.6) is 0 Å². The third-order valence-electron chi connectivity index (χ3n) is 3.67. The summed E-state index contributed by atoms with van der Waals surface area (Å²) in [6.07, 6.45) is 4.79. The van der Waals surface area contributed by atoms with Gasteiger partial charge >= 0.3 is 0 Å². The molecule has 2 heterocycles. The molecule has 0 aliphatic heterocycles. The van der Waals surface area contributed by atoms with Gasteiger partial charge in [0.05, 0.1) is 10.2 Å². The first-order valence-corrected chi connectivity index (χ1v) is 7.21. The average Bonchev–Trinajstić information content (AvgIpc) is 3.07. The van der Waals surface area contributed by atoms with Crippen molar-refractivity contribution in [2.45, 2.75) is 38.8 Å². The highest BCUT2D eigenvalue weighted by Crippen LogP contribution is 2.33. The number of hydrogen-bond acceptors (Lipinski definition) is 3. The lowest BCUT2D eigenvalue weighted by atomic mass is 10.1. The van der Waals surface area contributed by atoms with Crippen LogP contribution in [-0.2, 0) is 0 Å². The Bertz CT molecular complexity index is 516. The van der Waals surface area contributed by atoms with Gasteiger partial charge < -0.3 is 5.32 Å². The van der Waals surface area contributed by atoms with Crippen molar-refractivity contribution in [2.75, 3.05) is 0 Å². The molecule has 1 aliphatic carbocycles. The fraction of sp³-hybridized carbons (Fsp3) is 0.500. The first-order valence-electron chi connectivity index (χ1n) is 6.33. The van der Waals surface area contributed by atoms with Crippen molar-refractivity contribution in [2.24, 2.45) is 5.92 Å². The second-order valence-electron chi connectivity index (χ2n) is 5.09. The van der Waals surface area contributed by atoms with Crippen molar-refractivity contribution < 1.29 is 0 Å². The molecule has 0 radical (unpaired) electrons. The van der Waals surface area contributed by atoms with Crippen LogP contribution >= 0.6 is 11.3 Å². The molecule has 90 valence electrons. The minimum absolute atomic E-state index is 0.393. The van der Waals surface area contributed by atoms with Crippen molar-refractivity contribution >= 4 is 21.6 Å². The second kappa shape index (κ2) is 4.39. The van der Waals surface area contributed by atoms with Crippen LogP contribution in [0.4, 0.5) is 0 Å². The predicted octanol–water partition coefficient (Wildman–Crippen LogP) is 3.75. The number of thiophene rings is 1. The molecule has 2 aromatic heterocycles. The van der Waals surface area contributed by atoms with E-state index in [0.29, 0.717) is 12.1 Å². The number of rotatable bonds is 4. The molecule has 3 rings (SSSR count). The van der Waals surface area contributed by atoms with Gasteiger partial charge in [0, 0.05) is 18.3 Å². The topological polar surface area (TPSA) is 24.9 Å². The van der Waals surface area contributed by atoms with Crippen molar-refractivity contribution in [3.05, 3.63) is 29.3 Å². The molecular weight excluding hydrogens is 228 g/mol. The molecule has 0 aromatic carbocycles. The maximum Gasteiger partial charge on any atom is 0.0809 e. The Kier molecular flexibility index (Phi) is 2.89. The van der Waals surface area contributed by atoms with E-state index < -0.39 is 0 Å². The van der Waals surface area contributed by atoms with E-state index in [9.17, 15) is 0 Å². The van der Waals surface area contributed by atoms with Crippen LogP contribution in [0.3, 0.4) is 0 Å². The van der Waals surface area contributed by atoms with Gasteiger partial charge in [-0.25, -0.2) is 0 Å². The molecule has 1 aliphatic rings.